The van der Waals surface area contributed by atoms with Crippen LogP contribution in [0.5, 0.6) is 5.75 Å². The number of halogens is 3. The topological polar surface area (TPSA) is 38.8 Å². The third-order valence-electron chi connectivity index (χ3n) is 5.49. The van der Waals surface area contributed by atoms with Crippen LogP contribution in [0, 0.1) is 0 Å². The van der Waals surface area contributed by atoms with E-state index >= 15 is 0 Å². The number of piperidine rings is 1. The number of hydrogen-bond acceptors (Lipinski definition) is 4. The number of rotatable bonds is 1. The van der Waals surface area contributed by atoms with Gasteiger partial charge in [0.1, 0.15) is 11.8 Å². The molecular formula is C17H18F3NO3. The molecule has 130 valence electrons. The molecule has 24 heavy (non-hydrogen) atoms. The third-order valence-corrected chi connectivity index (χ3v) is 5.49. The lowest BCUT2D eigenvalue weighted by Crippen LogP contribution is -2.49. The van der Waals surface area contributed by atoms with Crippen LogP contribution in [0.25, 0.3) is 0 Å². The smallest absolute Gasteiger partial charge is 0.416 e. The molecule has 4 nitrogen and oxygen atoms in total. The van der Waals surface area contributed by atoms with E-state index in [0.717, 1.165) is 43.6 Å². The summed E-state index contributed by atoms with van der Waals surface area (Å²) in [7, 11) is 0. The molecule has 2 fully saturated rings. The van der Waals surface area contributed by atoms with Crippen molar-refractivity contribution in [2.75, 3.05) is 26.3 Å². The Bertz CT molecular complexity index is 666. The highest BCUT2D eigenvalue weighted by molar-refractivity contribution is 5.77. The Morgan fingerprint density at radius 1 is 1.17 bits per heavy atom. The van der Waals surface area contributed by atoms with Crippen LogP contribution >= 0.6 is 0 Å². The van der Waals surface area contributed by atoms with Crippen molar-refractivity contribution in [3.8, 4) is 5.75 Å². The fourth-order valence-corrected chi connectivity index (χ4v) is 4.04. The van der Waals surface area contributed by atoms with E-state index in [0.29, 0.717) is 25.4 Å². The van der Waals surface area contributed by atoms with Crippen molar-refractivity contribution in [3.05, 3.63) is 29.3 Å². The summed E-state index contributed by atoms with van der Waals surface area (Å²) < 4.78 is 49.2. The van der Waals surface area contributed by atoms with Gasteiger partial charge in [-0.3, -0.25) is 9.69 Å². The summed E-state index contributed by atoms with van der Waals surface area (Å²) in [6.45, 7) is 2.33. The first-order valence-corrected chi connectivity index (χ1v) is 8.14. The van der Waals surface area contributed by atoms with Crippen LogP contribution in [-0.4, -0.2) is 43.2 Å². The monoisotopic (exact) mass is 341 g/mol. The first-order chi connectivity index (χ1) is 11.4. The maximum atomic E-state index is 12.8. The van der Waals surface area contributed by atoms with Crippen molar-refractivity contribution in [2.45, 2.75) is 36.9 Å². The van der Waals surface area contributed by atoms with Gasteiger partial charge in [-0.05, 0) is 38.1 Å². The quantitative estimate of drug-likeness (QED) is 0.737. The molecule has 3 aliphatic rings. The second-order valence-corrected chi connectivity index (χ2v) is 6.79. The molecule has 3 aliphatic heterocycles. The van der Waals surface area contributed by atoms with Gasteiger partial charge in [-0.25, -0.2) is 0 Å². The minimum atomic E-state index is -4.36. The summed E-state index contributed by atoms with van der Waals surface area (Å²) >= 11 is 0. The fraction of sp³-hybridized carbons (Fsp3) is 0.588. The zero-order valence-corrected chi connectivity index (χ0v) is 13.1. The number of carbonyl (C=O) groups excluding carboxylic acids is 1. The molecule has 1 aromatic carbocycles. The van der Waals surface area contributed by atoms with Crippen LogP contribution in [-0.2, 0) is 21.1 Å². The largest absolute Gasteiger partial charge is 0.492 e. The molecule has 1 unspecified atom stereocenters. The Hall–Kier alpha value is -1.76. The number of ether oxygens (including phenoxy) is 2. The van der Waals surface area contributed by atoms with E-state index in [1.807, 2.05) is 0 Å². The fourth-order valence-electron chi connectivity index (χ4n) is 4.04. The number of cyclic esters (lactones) is 1. The highest BCUT2D eigenvalue weighted by Gasteiger charge is 2.46. The van der Waals surface area contributed by atoms with E-state index in [1.165, 1.54) is 0 Å². The maximum absolute atomic E-state index is 12.8. The van der Waals surface area contributed by atoms with Gasteiger partial charge in [-0.15, -0.1) is 0 Å². The SMILES string of the molecule is O=C1OCCC1N1CCC2(CC1)COc1cc(C(F)(F)F)ccc12. The van der Waals surface area contributed by atoms with Crippen LogP contribution in [0.4, 0.5) is 13.2 Å². The van der Waals surface area contributed by atoms with Gasteiger partial charge in [0.15, 0.2) is 0 Å². The van der Waals surface area contributed by atoms with Crippen LogP contribution in [0.1, 0.15) is 30.4 Å². The molecule has 0 bridgehead atoms. The molecule has 0 aromatic heterocycles. The summed E-state index contributed by atoms with van der Waals surface area (Å²) in [6.07, 6.45) is -2.10. The highest BCUT2D eigenvalue weighted by atomic mass is 19.4. The number of alkyl halides is 3. The summed E-state index contributed by atoms with van der Waals surface area (Å²) in [4.78, 5) is 13.8. The van der Waals surface area contributed by atoms with Gasteiger partial charge in [-0.2, -0.15) is 13.2 Å². The second kappa shape index (κ2) is 5.37. The molecule has 3 heterocycles. The van der Waals surface area contributed by atoms with Crippen LogP contribution in [0.3, 0.4) is 0 Å². The van der Waals surface area contributed by atoms with Crippen molar-refractivity contribution in [3.63, 3.8) is 0 Å². The van der Waals surface area contributed by atoms with Crippen LogP contribution in [0.15, 0.2) is 18.2 Å². The minimum absolute atomic E-state index is 0.163. The lowest BCUT2D eigenvalue weighted by molar-refractivity contribution is -0.143. The Kier molecular flexibility index (Phi) is 3.53. The standard InChI is InChI=1S/C17H18F3NO3/c18-17(19,20)11-1-2-12-14(9-11)24-10-16(12)4-6-21(7-5-16)13-3-8-23-15(13)22/h1-2,9,13H,3-8,10H2. The Morgan fingerprint density at radius 3 is 2.54 bits per heavy atom. The molecule has 0 amide bonds. The average Bonchev–Trinajstić information content (AvgIpc) is 3.12. The van der Waals surface area contributed by atoms with E-state index < -0.39 is 11.7 Å². The molecule has 1 spiro atoms. The predicted molar refractivity (Wildman–Crippen MR) is 78.8 cm³/mol. The zero-order valence-electron chi connectivity index (χ0n) is 13.1. The minimum Gasteiger partial charge on any atom is -0.492 e. The van der Waals surface area contributed by atoms with Gasteiger partial charge < -0.3 is 9.47 Å². The van der Waals surface area contributed by atoms with Gasteiger partial charge in [0.2, 0.25) is 0 Å². The maximum Gasteiger partial charge on any atom is 0.416 e. The van der Waals surface area contributed by atoms with Crippen molar-refractivity contribution >= 4 is 5.97 Å². The molecular weight excluding hydrogens is 323 g/mol. The van der Waals surface area contributed by atoms with Crippen molar-refractivity contribution in [1.82, 2.24) is 4.90 Å². The lowest BCUT2D eigenvalue weighted by atomic mass is 9.74. The number of fused-ring (bicyclic) bond motifs is 2. The van der Waals surface area contributed by atoms with Crippen molar-refractivity contribution < 1.29 is 27.4 Å². The summed E-state index contributed by atoms with van der Waals surface area (Å²) in [5.41, 5.74) is -0.0491. The molecule has 0 aliphatic carbocycles. The highest BCUT2D eigenvalue weighted by Crippen LogP contribution is 2.47. The second-order valence-electron chi connectivity index (χ2n) is 6.79. The number of benzene rings is 1. The Balaban J connectivity index is 1.52. The Morgan fingerprint density at radius 2 is 1.92 bits per heavy atom. The van der Waals surface area contributed by atoms with Gasteiger partial charge in [0, 0.05) is 17.4 Å². The van der Waals surface area contributed by atoms with Gasteiger partial charge in [-0.1, -0.05) is 6.07 Å². The molecule has 0 radical (unpaired) electrons. The lowest BCUT2D eigenvalue weighted by Gasteiger charge is -2.40. The first-order valence-electron chi connectivity index (χ1n) is 8.14. The van der Waals surface area contributed by atoms with E-state index in [4.69, 9.17) is 9.47 Å². The third kappa shape index (κ3) is 2.46. The summed E-state index contributed by atoms with van der Waals surface area (Å²) in [6, 6.07) is 3.63. The van der Waals surface area contributed by atoms with E-state index in [9.17, 15) is 18.0 Å². The molecule has 0 saturated carbocycles. The molecule has 0 N–H and O–H groups in total. The number of carbonyl (C=O) groups is 1. The molecule has 1 aromatic rings. The van der Waals surface area contributed by atoms with Crippen molar-refractivity contribution in [2.24, 2.45) is 0 Å². The normalized spacial score (nSPS) is 26.3. The zero-order chi connectivity index (χ0) is 16.9. The molecule has 1 atom stereocenters. The van der Waals surface area contributed by atoms with E-state index in [2.05, 4.69) is 4.90 Å². The van der Waals surface area contributed by atoms with Gasteiger partial charge in [0.25, 0.3) is 0 Å². The number of likely N-dealkylation sites (tertiary alicyclic amines) is 1. The average molecular weight is 341 g/mol. The van der Waals surface area contributed by atoms with Crippen LogP contribution < -0.4 is 4.74 Å². The number of nitrogens with zero attached hydrogens (tertiary/aromatic N) is 1. The molecule has 7 heteroatoms. The number of hydrogen-bond donors (Lipinski definition) is 0. The van der Waals surface area contributed by atoms with Gasteiger partial charge >= 0.3 is 12.1 Å². The summed E-state index contributed by atoms with van der Waals surface area (Å²) in [5.74, 6) is 0.183. The first kappa shape index (κ1) is 15.7. The van der Waals surface area contributed by atoms with Crippen LogP contribution in [0.2, 0.25) is 0 Å². The summed E-state index contributed by atoms with van der Waals surface area (Å²) in [5, 5.41) is 0. The molecule has 2 saturated heterocycles. The molecule has 4 rings (SSSR count). The van der Waals surface area contributed by atoms with E-state index in [-0.39, 0.29) is 17.4 Å². The van der Waals surface area contributed by atoms with Crippen molar-refractivity contribution in [1.29, 1.82) is 0 Å². The van der Waals surface area contributed by atoms with E-state index in [1.54, 1.807) is 6.07 Å². The predicted octanol–water partition coefficient (Wildman–Crippen LogP) is 2.75. The Labute approximate surface area is 137 Å². The van der Waals surface area contributed by atoms with Gasteiger partial charge in [0.05, 0.1) is 18.8 Å². The number of esters is 1.